The number of benzene rings is 2. The van der Waals surface area contributed by atoms with E-state index in [1.54, 1.807) is 42.5 Å². The molecular weight excluding hydrogens is 434 g/mol. The van der Waals surface area contributed by atoms with E-state index in [9.17, 15) is 14.4 Å². The molecular formula is C23H22ClN3O3S. The van der Waals surface area contributed by atoms with Gasteiger partial charge in [0.15, 0.2) is 0 Å². The minimum atomic E-state index is -0.288. The Bertz CT molecular complexity index is 1070. The summed E-state index contributed by atoms with van der Waals surface area (Å²) in [5, 5.41) is 10.6. The lowest BCUT2D eigenvalue weighted by atomic mass is 10.1. The molecule has 0 fully saturated rings. The Labute approximate surface area is 189 Å². The van der Waals surface area contributed by atoms with Crippen molar-refractivity contribution in [3.8, 4) is 0 Å². The molecule has 0 aliphatic carbocycles. The Morgan fingerprint density at radius 1 is 0.968 bits per heavy atom. The summed E-state index contributed by atoms with van der Waals surface area (Å²) in [4.78, 5) is 37.0. The highest BCUT2D eigenvalue weighted by molar-refractivity contribution is 7.12. The Balaban J connectivity index is 1.59. The first-order valence-corrected chi connectivity index (χ1v) is 11.0. The van der Waals surface area contributed by atoms with Crippen molar-refractivity contribution in [1.29, 1.82) is 0 Å². The molecule has 160 valence electrons. The van der Waals surface area contributed by atoms with Crippen LogP contribution in [-0.2, 0) is 11.3 Å². The normalized spacial score (nSPS) is 10.4. The number of carbonyl (C=O) groups is 3. The van der Waals surface area contributed by atoms with Gasteiger partial charge < -0.3 is 16.0 Å². The van der Waals surface area contributed by atoms with Gasteiger partial charge in [-0.05, 0) is 53.8 Å². The molecule has 1 heterocycles. The number of amides is 3. The summed E-state index contributed by atoms with van der Waals surface area (Å²) in [6, 6.07) is 15.5. The average molecular weight is 456 g/mol. The van der Waals surface area contributed by atoms with Crippen LogP contribution in [0.15, 0.2) is 60.0 Å². The monoisotopic (exact) mass is 455 g/mol. The molecule has 0 atom stereocenters. The fourth-order valence-corrected chi connectivity index (χ4v) is 3.58. The van der Waals surface area contributed by atoms with Crippen molar-refractivity contribution in [3.05, 3.63) is 81.0 Å². The fourth-order valence-electron chi connectivity index (χ4n) is 2.79. The molecule has 8 heteroatoms. The van der Waals surface area contributed by atoms with Gasteiger partial charge in [0.1, 0.15) is 0 Å². The maximum Gasteiger partial charge on any atom is 0.265 e. The van der Waals surface area contributed by atoms with Crippen molar-refractivity contribution in [2.24, 2.45) is 0 Å². The Kier molecular flexibility index (Phi) is 7.81. The molecule has 0 saturated heterocycles. The molecule has 3 N–H and O–H groups in total. The van der Waals surface area contributed by atoms with Crippen LogP contribution >= 0.6 is 22.9 Å². The summed E-state index contributed by atoms with van der Waals surface area (Å²) in [7, 11) is 0. The molecule has 2 aromatic carbocycles. The van der Waals surface area contributed by atoms with Gasteiger partial charge in [-0.15, -0.1) is 11.3 Å². The molecule has 0 saturated carbocycles. The largest absolute Gasteiger partial charge is 0.348 e. The van der Waals surface area contributed by atoms with Crippen LogP contribution in [0.25, 0.3) is 0 Å². The molecule has 3 aromatic rings. The molecule has 0 unspecified atom stereocenters. The first-order valence-electron chi connectivity index (χ1n) is 9.77. The molecule has 0 spiro atoms. The lowest BCUT2D eigenvalue weighted by molar-refractivity contribution is -0.116. The quantitative estimate of drug-likeness (QED) is 0.429. The third kappa shape index (κ3) is 6.41. The smallest absolute Gasteiger partial charge is 0.265 e. The van der Waals surface area contributed by atoms with Gasteiger partial charge in [-0.2, -0.15) is 0 Å². The minimum absolute atomic E-state index is 0.0201. The van der Waals surface area contributed by atoms with Crippen LogP contribution in [0.2, 0.25) is 5.02 Å². The molecule has 31 heavy (non-hydrogen) atoms. The van der Waals surface area contributed by atoms with Crippen molar-refractivity contribution in [2.45, 2.75) is 26.3 Å². The van der Waals surface area contributed by atoms with Gasteiger partial charge in [0.2, 0.25) is 5.91 Å². The zero-order chi connectivity index (χ0) is 22.2. The second kappa shape index (κ2) is 10.7. The maximum atomic E-state index is 12.6. The van der Waals surface area contributed by atoms with Crippen LogP contribution in [0.1, 0.15) is 45.4 Å². The molecule has 0 aliphatic heterocycles. The summed E-state index contributed by atoms with van der Waals surface area (Å²) >= 11 is 7.50. The second-order valence-corrected chi connectivity index (χ2v) is 8.16. The van der Waals surface area contributed by atoms with E-state index in [0.29, 0.717) is 34.1 Å². The molecule has 3 rings (SSSR count). The molecule has 3 amide bonds. The van der Waals surface area contributed by atoms with Crippen molar-refractivity contribution in [3.63, 3.8) is 0 Å². The third-order valence-electron chi connectivity index (χ3n) is 4.39. The first-order chi connectivity index (χ1) is 15.0. The van der Waals surface area contributed by atoms with Crippen molar-refractivity contribution < 1.29 is 14.4 Å². The van der Waals surface area contributed by atoms with Gasteiger partial charge in [-0.25, -0.2) is 0 Å². The lowest BCUT2D eigenvalue weighted by Gasteiger charge is -2.10. The van der Waals surface area contributed by atoms with E-state index in [2.05, 4.69) is 16.0 Å². The minimum Gasteiger partial charge on any atom is -0.348 e. The molecule has 0 radical (unpaired) electrons. The summed E-state index contributed by atoms with van der Waals surface area (Å²) < 4.78 is 0. The molecule has 0 aliphatic rings. The van der Waals surface area contributed by atoms with E-state index >= 15 is 0 Å². The Morgan fingerprint density at radius 2 is 1.74 bits per heavy atom. The maximum absolute atomic E-state index is 12.6. The van der Waals surface area contributed by atoms with E-state index in [1.807, 2.05) is 24.4 Å². The number of thiophene rings is 1. The van der Waals surface area contributed by atoms with Crippen molar-refractivity contribution in [2.75, 3.05) is 10.6 Å². The summed E-state index contributed by atoms with van der Waals surface area (Å²) in [5.74, 6) is -0.586. The number of hydrogen-bond acceptors (Lipinski definition) is 4. The zero-order valence-corrected chi connectivity index (χ0v) is 18.5. The Morgan fingerprint density at radius 3 is 2.42 bits per heavy atom. The van der Waals surface area contributed by atoms with Gasteiger partial charge in [0.25, 0.3) is 11.8 Å². The summed E-state index contributed by atoms with van der Waals surface area (Å²) in [5.41, 5.74) is 2.37. The van der Waals surface area contributed by atoms with Crippen LogP contribution in [0.3, 0.4) is 0 Å². The van der Waals surface area contributed by atoms with E-state index in [4.69, 9.17) is 11.6 Å². The number of hydrogen-bond donors (Lipinski definition) is 3. The first kappa shape index (κ1) is 22.5. The van der Waals surface area contributed by atoms with Gasteiger partial charge >= 0.3 is 0 Å². The molecule has 6 nitrogen and oxygen atoms in total. The lowest BCUT2D eigenvalue weighted by Crippen LogP contribution is -2.23. The van der Waals surface area contributed by atoms with Gasteiger partial charge in [0.05, 0.1) is 15.6 Å². The van der Waals surface area contributed by atoms with Crippen molar-refractivity contribution in [1.82, 2.24) is 5.32 Å². The summed E-state index contributed by atoms with van der Waals surface area (Å²) in [6.45, 7) is 2.27. The van der Waals surface area contributed by atoms with Crippen molar-refractivity contribution >= 4 is 52.0 Å². The van der Waals surface area contributed by atoms with Crippen LogP contribution in [-0.4, -0.2) is 17.7 Å². The van der Waals surface area contributed by atoms with Gasteiger partial charge in [0, 0.05) is 24.2 Å². The molecule has 1 aromatic heterocycles. The highest BCUT2D eigenvalue weighted by Crippen LogP contribution is 2.24. The SMILES string of the molecule is CCCC(=O)Nc1ccc(CNC(=O)c2ccc(Cl)c(NC(=O)c3cccs3)c2)cc1. The fraction of sp³-hybridized carbons (Fsp3) is 0.174. The standard InChI is InChI=1S/C23H22ClN3O3S/c1-2-4-21(28)26-17-9-6-15(7-10-17)14-25-22(29)16-8-11-18(24)19(13-16)27-23(30)20-5-3-12-31-20/h3,5-13H,2,4,14H2,1H3,(H,25,29)(H,26,28)(H,27,30). The number of nitrogens with one attached hydrogen (secondary N) is 3. The molecule has 0 bridgehead atoms. The van der Waals surface area contributed by atoms with E-state index in [0.717, 1.165) is 17.7 Å². The van der Waals surface area contributed by atoms with Crippen LogP contribution in [0.5, 0.6) is 0 Å². The second-order valence-electron chi connectivity index (χ2n) is 6.80. The van der Waals surface area contributed by atoms with Gasteiger partial charge in [-0.1, -0.05) is 36.7 Å². The summed E-state index contributed by atoms with van der Waals surface area (Å²) in [6.07, 6.45) is 1.27. The highest BCUT2D eigenvalue weighted by Gasteiger charge is 2.13. The zero-order valence-electron chi connectivity index (χ0n) is 16.9. The van der Waals surface area contributed by atoms with Crippen LogP contribution in [0.4, 0.5) is 11.4 Å². The predicted octanol–water partition coefficient (Wildman–Crippen LogP) is 5.32. The van der Waals surface area contributed by atoms with E-state index in [1.165, 1.54) is 11.3 Å². The van der Waals surface area contributed by atoms with Crippen LogP contribution < -0.4 is 16.0 Å². The number of carbonyl (C=O) groups excluding carboxylic acids is 3. The number of halogens is 1. The van der Waals surface area contributed by atoms with Gasteiger partial charge in [-0.3, -0.25) is 14.4 Å². The van der Waals surface area contributed by atoms with Crippen LogP contribution in [0, 0.1) is 0 Å². The van der Waals surface area contributed by atoms with E-state index in [-0.39, 0.29) is 17.7 Å². The number of anilines is 2. The third-order valence-corrected chi connectivity index (χ3v) is 5.59. The number of rotatable bonds is 8. The van der Waals surface area contributed by atoms with E-state index < -0.39 is 0 Å². The average Bonchev–Trinajstić information content (AvgIpc) is 3.30. The predicted molar refractivity (Wildman–Crippen MR) is 125 cm³/mol. The highest BCUT2D eigenvalue weighted by atomic mass is 35.5. The topological polar surface area (TPSA) is 87.3 Å². The Hall–Kier alpha value is -3.16.